The Morgan fingerprint density at radius 1 is 1.29 bits per heavy atom. The monoisotopic (exact) mass is 196 g/mol. The maximum absolute atomic E-state index is 11.1. The molecule has 1 aliphatic rings. The summed E-state index contributed by atoms with van der Waals surface area (Å²) in [5.41, 5.74) is 0. The lowest BCUT2D eigenvalue weighted by atomic mass is 9.78. The molecule has 1 atom stereocenters. The predicted octanol–water partition coefficient (Wildman–Crippen LogP) is 3.96. The lowest BCUT2D eigenvalue weighted by Crippen LogP contribution is -2.19. The molecule has 0 spiro atoms. The van der Waals surface area contributed by atoms with Gasteiger partial charge in [0.25, 0.3) is 0 Å². The van der Waals surface area contributed by atoms with E-state index >= 15 is 0 Å². The molecule has 82 valence electrons. The van der Waals surface area contributed by atoms with Crippen molar-refractivity contribution >= 4 is 5.78 Å². The second kappa shape index (κ2) is 6.21. The van der Waals surface area contributed by atoms with E-state index in [0.29, 0.717) is 5.78 Å². The summed E-state index contributed by atoms with van der Waals surface area (Å²) in [6.07, 6.45) is 9.45. The predicted molar refractivity (Wildman–Crippen MR) is 60.3 cm³/mol. The van der Waals surface area contributed by atoms with Gasteiger partial charge in [0, 0.05) is 12.8 Å². The molecule has 1 saturated carbocycles. The molecule has 0 aromatic carbocycles. The van der Waals surface area contributed by atoms with Crippen molar-refractivity contribution in [3.05, 3.63) is 0 Å². The largest absolute Gasteiger partial charge is 0.300 e. The van der Waals surface area contributed by atoms with Crippen LogP contribution in [0.5, 0.6) is 0 Å². The van der Waals surface area contributed by atoms with Crippen LogP contribution in [0.25, 0.3) is 0 Å². The lowest BCUT2D eigenvalue weighted by molar-refractivity contribution is -0.121. The van der Waals surface area contributed by atoms with Gasteiger partial charge < -0.3 is 0 Å². The maximum atomic E-state index is 11.1. The molecule has 0 aromatic heterocycles. The number of hydrogen-bond acceptors (Lipinski definition) is 1. The Kier molecular flexibility index (Phi) is 5.21. The highest BCUT2D eigenvalue weighted by molar-refractivity contribution is 5.79. The van der Waals surface area contributed by atoms with Crippen molar-refractivity contribution in [2.45, 2.75) is 65.2 Å². The van der Waals surface area contributed by atoms with Crippen LogP contribution in [0.15, 0.2) is 0 Å². The zero-order valence-electron chi connectivity index (χ0n) is 9.72. The van der Waals surface area contributed by atoms with E-state index in [1.807, 2.05) is 0 Å². The fourth-order valence-electron chi connectivity index (χ4n) is 2.48. The molecule has 0 bridgehead atoms. The first-order chi connectivity index (χ1) is 6.74. The average molecular weight is 196 g/mol. The van der Waals surface area contributed by atoms with Crippen LogP contribution in [-0.4, -0.2) is 5.78 Å². The summed E-state index contributed by atoms with van der Waals surface area (Å²) in [6, 6.07) is 0. The number of ketones is 1. The molecule has 0 amide bonds. The number of rotatable bonds is 5. The minimum absolute atomic E-state index is 0.488. The van der Waals surface area contributed by atoms with Crippen molar-refractivity contribution in [1.29, 1.82) is 0 Å². The third kappa shape index (κ3) is 3.81. The van der Waals surface area contributed by atoms with E-state index < -0.39 is 0 Å². The molecule has 0 radical (unpaired) electrons. The van der Waals surface area contributed by atoms with Gasteiger partial charge in [-0.2, -0.15) is 0 Å². The van der Waals surface area contributed by atoms with Gasteiger partial charge in [-0.05, 0) is 24.7 Å². The minimum Gasteiger partial charge on any atom is -0.300 e. The van der Waals surface area contributed by atoms with E-state index in [-0.39, 0.29) is 0 Å². The topological polar surface area (TPSA) is 17.1 Å². The van der Waals surface area contributed by atoms with Crippen molar-refractivity contribution in [3.8, 4) is 0 Å². The van der Waals surface area contributed by atoms with Crippen molar-refractivity contribution in [2.24, 2.45) is 11.8 Å². The summed E-state index contributed by atoms with van der Waals surface area (Å²) in [7, 11) is 0. The van der Waals surface area contributed by atoms with Crippen LogP contribution < -0.4 is 0 Å². The Hall–Kier alpha value is -0.330. The van der Waals surface area contributed by atoms with E-state index in [1.54, 1.807) is 0 Å². The Bertz CT molecular complexity index is 164. The highest BCUT2D eigenvalue weighted by Gasteiger charge is 2.22. The van der Waals surface area contributed by atoms with Gasteiger partial charge in [0.15, 0.2) is 0 Å². The minimum atomic E-state index is 0.488. The summed E-state index contributed by atoms with van der Waals surface area (Å²) in [5.74, 6) is 2.17. The van der Waals surface area contributed by atoms with Crippen molar-refractivity contribution in [1.82, 2.24) is 0 Å². The molecule has 1 rings (SSSR count). The molecule has 14 heavy (non-hydrogen) atoms. The van der Waals surface area contributed by atoms with Gasteiger partial charge in [-0.1, -0.05) is 39.5 Å². The number of carbonyl (C=O) groups excluding carboxylic acids is 1. The average Bonchev–Trinajstić information content (AvgIpc) is 2.19. The van der Waals surface area contributed by atoms with E-state index in [9.17, 15) is 4.79 Å². The standard InChI is InChI=1S/C13H24O/c1-3-4-5-6-11(2)12-7-9-13(14)10-8-12/h11-12H,3-10H2,1-2H3. The van der Waals surface area contributed by atoms with Crippen LogP contribution in [0.4, 0.5) is 0 Å². The van der Waals surface area contributed by atoms with Crippen LogP contribution in [0.1, 0.15) is 65.2 Å². The number of hydrogen-bond donors (Lipinski definition) is 0. The van der Waals surface area contributed by atoms with Crippen LogP contribution >= 0.6 is 0 Å². The molecule has 1 aliphatic carbocycles. The first kappa shape index (κ1) is 11.7. The van der Waals surface area contributed by atoms with E-state index in [0.717, 1.165) is 37.5 Å². The Balaban J connectivity index is 2.16. The summed E-state index contributed by atoms with van der Waals surface area (Å²) in [5, 5.41) is 0. The van der Waals surface area contributed by atoms with Gasteiger partial charge in [-0.15, -0.1) is 0 Å². The van der Waals surface area contributed by atoms with Gasteiger partial charge in [0.1, 0.15) is 5.78 Å². The van der Waals surface area contributed by atoms with Gasteiger partial charge in [-0.3, -0.25) is 4.79 Å². The molecule has 0 saturated heterocycles. The molecule has 0 aliphatic heterocycles. The van der Waals surface area contributed by atoms with E-state index in [4.69, 9.17) is 0 Å². The molecule has 1 nitrogen and oxygen atoms in total. The molecule has 0 aromatic rings. The fraction of sp³-hybridized carbons (Fsp3) is 0.923. The van der Waals surface area contributed by atoms with Gasteiger partial charge >= 0.3 is 0 Å². The van der Waals surface area contributed by atoms with Crippen LogP contribution in [-0.2, 0) is 4.79 Å². The summed E-state index contributed by atoms with van der Waals surface area (Å²) < 4.78 is 0. The van der Waals surface area contributed by atoms with Gasteiger partial charge in [0.2, 0.25) is 0 Å². The molecular weight excluding hydrogens is 172 g/mol. The molecular formula is C13H24O. The Morgan fingerprint density at radius 3 is 2.50 bits per heavy atom. The zero-order chi connectivity index (χ0) is 10.4. The first-order valence-corrected chi connectivity index (χ1v) is 6.25. The normalized spacial score (nSPS) is 21.1. The summed E-state index contributed by atoms with van der Waals surface area (Å²) >= 11 is 0. The number of Topliss-reactive ketones (excluding diaryl/α,β-unsaturated/α-hetero) is 1. The van der Waals surface area contributed by atoms with Crippen LogP contribution in [0.3, 0.4) is 0 Å². The lowest BCUT2D eigenvalue weighted by Gasteiger charge is -2.27. The molecule has 1 heteroatoms. The quantitative estimate of drug-likeness (QED) is 0.608. The number of unbranched alkanes of at least 4 members (excludes halogenated alkanes) is 2. The summed E-state index contributed by atoms with van der Waals surface area (Å²) in [6.45, 7) is 4.63. The highest BCUT2D eigenvalue weighted by atomic mass is 16.1. The summed E-state index contributed by atoms with van der Waals surface area (Å²) in [4.78, 5) is 11.1. The Morgan fingerprint density at radius 2 is 1.93 bits per heavy atom. The van der Waals surface area contributed by atoms with Gasteiger partial charge in [0.05, 0.1) is 0 Å². The Labute approximate surface area is 88.3 Å². The van der Waals surface area contributed by atoms with Crippen molar-refractivity contribution in [2.75, 3.05) is 0 Å². The molecule has 0 heterocycles. The zero-order valence-corrected chi connectivity index (χ0v) is 9.72. The molecule has 1 unspecified atom stereocenters. The van der Waals surface area contributed by atoms with Gasteiger partial charge in [-0.25, -0.2) is 0 Å². The van der Waals surface area contributed by atoms with E-state index in [1.165, 1.54) is 25.7 Å². The van der Waals surface area contributed by atoms with Crippen LogP contribution in [0.2, 0.25) is 0 Å². The first-order valence-electron chi connectivity index (χ1n) is 6.25. The van der Waals surface area contributed by atoms with Crippen molar-refractivity contribution < 1.29 is 4.79 Å². The second-order valence-electron chi connectivity index (χ2n) is 4.85. The molecule has 0 N–H and O–H groups in total. The second-order valence-corrected chi connectivity index (χ2v) is 4.85. The maximum Gasteiger partial charge on any atom is 0.132 e. The van der Waals surface area contributed by atoms with Crippen LogP contribution in [0, 0.1) is 11.8 Å². The SMILES string of the molecule is CCCCCC(C)C1CCC(=O)CC1. The fourth-order valence-corrected chi connectivity index (χ4v) is 2.48. The number of carbonyl (C=O) groups is 1. The highest BCUT2D eigenvalue weighted by Crippen LogP contribution is 2.31. The smallest absolute Gasteiger partial charge is 0.132 e. The third-order valence-electron chi connectivity index (χ3n) is 3.66. The third-order valence-corrected chi connectivity index (χ3v) is 3.66. The molecule has 1 fully saturated rings. The van der Waals surface area contributed by atoms with Crippen molar-refractivity contribution in [3.63, 3.8) is 0 Å². The van der Waals surface area contributed by atoms with E-state index in [2.05, 4.69) is 13.8 Å².